The molecule has 1 unspecified atom stereocenters. The van der Waals surface area contributed by atoms with Crippen molar-refractivity contribution in [3.05, 3.63) is 109 Å². The predicted octanol–water partition coefficient (Wildman–Crippen LogP) is 24.2. The molecule has 6 heteroatoms. The van der Waals surface area contributed by atoms with Crippen LogP contribution in [0.2, 0.25) is 0 Å². The van der Waals surface area contributed by atoms with Crippen LogP contribution >= 0.6 is 0 Å². The van der Waals surface area contributed by atoms with E-state index in [1.54, 1.807) is 0 Å². The molecule has 82 heavy (non-hydrogen) atoms. The van der Waals surface area contributed by atoms with Gasteiger partial charge in [0.1, 0.15) is 13.2 Å². The minimum Gasteiger partial charge on any atom is -0.462 e. The summed E-state index contributed by atoms with van der Waals surface area (Å²) in [4.78, 5) is 38.2. The summed E-state index contributed by atoms with van der Waals surface area (Å²) >= 11 is 0. The lowest BCUT2D eigenvalue weighted by atomic mass is 10.0. The molecule has 0 amide bonds. The van der Waals surface area contributed by atoms with Crippen molar-refractivity contribution in [2.75, 3.05) is 13.2 Å². The smallest absolute Gasteiger partial charge is 0.306 e. The van der Waals surface area contributed by atoms with Gasteiger partial charge in [0.2, 0.25) is 0 Å². The highest BCUT2D eigenvalue weighted by molar-refractivity contribution is 5.71. The van der Waals surface area contributed by atoms with Crippen LogP contribution in [0.25, 0.3) is 0 Å². The minimum atomic E-state index is -0.784. The van der Waals surface area contributed by atoms with Crippen molar-refractivity contribution in [1.82, 2.24) is 0 Å². The Balaban J connectivity index is 4.15. The fourth-order valence-corrected chi connectivity index (χ4v) is 9.85. The molecule has 0 aromatic carbocycles. The highest BCUT2D eigenvalue weighted by Gasteiger charge is 2.19. The summed E-state index contributed by atoms with van der Waals surface area (Å²) in [6, 6.07) is 0. The number of allylic oxidation sites excluding steroid dienone is 18. The van der Waals surface area contributed by atoms with E-state index in [0.29, 0.717) is 19.3 Å². The van der Waals surface area contributed by atoms with Crippen LogP contribution in [0.4, 0.5) is 0 Å². The van der Waals surface area contributed by atoms with E-state index in [-0.39, 0.29) is 31.1 Å². The van der Waals surface area contributed by atoms with Crippen LogP contribution in [0.1, 0.15) is 335 Å². The summed E-state index contributed by atoms with van der Waals surface area (Å²) in [5, 5.41) is 0. The van der Waals surface area contributed by atoms with E-state index >= 15 is 0 Å². The van der Waals surface area contributed by atoms with E-state index in [0.717, 1.165) is 135 Å². The Morgan fingerprint density at radius 2 is 0.476 bits per heavy atom. The van der Waals surface area contributed by atoms with Gasteiger partial charge in [-0.25, -0.2) is 0 Å². The average Bonchev–Trinajstić information content (AvgIpc) is 3.48. The van der Waals surface area contributed by atoms with Crippen LogP contribution in [-0.2, 0) is 28.6 Å². The monoisotopic (exact) mass is 1140 g/mol. The van der Waals surface area contributed by atoms with Crippen molar-refractivity contribution in [3.8, 4) is 0 Å². The van der Waals surface area contributed by atoms with E-state index in [2.05, 4.69) is 130 Å². The van der Waals surface area contributed by atoms with Gasteiger partial charge < -0.3 is 14.2 Å². The number of ether oxygens (including phenoxy) is 3. The molecule has 0 rings (SSSR count). The quantitative estimate of drug-likeness (QED) is 0.0261. The minimum absolute atomic E-state index is 0.0812. The molecule has 0 aromatic heterocycles. The lowest BCUT2D eigenvalue weighted by molar-refractivity contribution is -0.167. The highest BCUT2D eigenvalue weighted by Crippen LogP contribution is 2.17. The van der Waals surface area contributed by atoms with E-state index in [1.807, 2.05) is 0 Å². The van der Waals surface area contributed by atoms with Crippen LogP contribution in [-0.4, -0.2) is 37.2 Å². The molecule has 0 saturated carbocycles. The van der Waals surface area contributed by atoms with Gasteiger partial charge in [-0.15, -0.1) is 0 Å². The zero-order valence-corrected chi connectivity index (χ0v) is 54.0. The molecule has 0 heterocycles. The Morgan fingerprint density at radius 1 is 0.256 bits per heavy atom. The molecule has 0 N–H and O–H groups in total. The first-order chi connectivity index (χ1) is 40.5. The van der Waals surface area contributed by atoms with Gasteiger partial charge in [-0.3, -0.25) is 14.4 Å². The highest BCUT2D eigenvalue weighted by atomic mass is 16.6. The Morgan fingerprint density at radius 3 is 0.744 bits per heavy atom. The molecule has 0 saturated heterocycles. The third kappa shape index (κ3) is 66.9. The fraction of sp³-hybridized carbons (Fsp3) is 0.724. The lowest BCUT2D eigenvalue weighted by Crippen LogP contribution is -2.30. The molecule has 0 fully saturated rings. The second-order valence-corrected chi connectivity index (χ2v) is 23.1. The molecule has 0 aromatic rings. The molecule has 1 atom stereocenters. The summed E-state index contributed by atoms with van der Waals surface area (Å²) in [6.07, 6.45) is 95.7. The third-order valence-corrected chi connectivity index (χ3v) is 15.0. The Hall–Kier alpha value is -3.93. The predicted molar refractivity (Wildman–Crippen MR) is 357 cm³/mol. The summed E-state index contributed by atoms with van der Waals surface area (Å²) < 4.78 is 16.9. The van der Waals surface area contributed by atoms with E-state index in [1.165, 1.54) is 161 Å². The van der Waals surface area contributed by atoms with Gasteiger partial charge in [-0.1, -0.05) is 336 Å². The van der Waals surface area contributed by atoms with E-state index in [9.17, 15) is 14.4 Å². The van der Waals surface area contributed by atoms with Gasteiger partial charge in [0.05, 0.1) is 0 Å². The lowest BCUT2D eigenvalue weighted by Gasteiger charge is -2.18. The largest absolute Gasteiger partial charge is 0.462 e. The number of hydrogen-bond donors (Lipinski definition) is 0. The van der Waals surface area contributed by atoms with E-state index in [4.69, 9.17) is 14.2 Å². The number of carbonyl (C=O) groups excluding carboxylic acids is 3. The summed E-state index contributed by atoms with van der Waals surface area (Å²) in [5.74, 6) is -0.895. The van der Waals surface area contributed by atoms with E-state index < -0.39 is 6.10 Å². The molecule has 0 spiro atoms. The van der Waals surface area contributed by atoms with Crippen molar-refractivity contribution in [2.45, 2.75) is 341 Å². The molecule has 0 aliphatic heterocycles. The second kappa shape index (κ2) is 69.6. The summed E-state index contributed by atoms with van der Waals surface area (Å²) in [6.45, 7) is 6.50. The van der Waals surface area contributed by atoms with Gasteiger partial charge in [0.25, 0.3) is 0 Å². The van der Waals surface area contributed by atoms with Crippen LogP contribution in [0.15, 0.2) is 109 Å². The zero-order chi connectivity index (χ0) is 59.2. The van der Waals surface area contributed by atoms with Crippen molar-refractivity contribution in [1.29, 1.82) is 0 Å². The molecule has 0 radical (unpaired) electrons. The van der Waals surface area contributed by atoms with Gasteiger partial charge in [-0.05, 0) is 89.9 Å². The first-order valence-electron chi connectivity index (χ1n) is 34.9. The average molecular weight is 1140 g/mol. The van der Waals surface area contributed by atoms with Crippen LogP contribution < -0.4 is 0 Å². The van der Waals surface area contributed by atoms with Crippen molar-refractivity contribution in [3.63, 3.8) is 0 Å². The fourth-order valence-electron chi connectivity index (χ4n) is 9.85. The number of carbonyl (C=O) groups is 3. The molecular weight excluding hydrogens is 1010 g/mol. The van der Waals surface area contributed by atoms with Crippen molar-refractivity contribution >= 4 is 17.9 Å². The number of hydrogen-bond acceptors (Lipinski definition) is 6. The summed E-state index contributed by atoms with van der Waals surface area (Å²) in [7, 11) is 0. The molecular formula is C76H130O6. The van der Waals surface area contributed by atoms with Gasteiger partial charge in [-0.2, -0.15) is 0 Å². The maximum atomic E-state index is 12.9. The van der Waals surface area contributed by atoms with Gasteiger partial charge in [0.15, 0.2) is 6.10 Å². The SMILES string of the molecule is CC/C=C\C/C=C\C/C=C\C/C=C\C/C=C\C/C=C\C/C=C\C/C=C\C/C=C\CCCCCCCC(=O)OCC(COC(=O)CCCCCCCCC)OC(=O)CCCCCCCCCCCCCCCCCCCCCCCCCC. The zero-order valence-electron chi connectivity index (χ0n) is 54.0. The summed E-state index contributed by atoms with van der Waals surface area (Å²) in [5.41, 5.74) is 0. The number of unbranched alkanes of at least 4 members (excludes halogenated alkanes) is 34. The first-order valence-corrected chi connectivity index (χ1v) is 34.9. The van der Waals surface area contributed by atoms with Gasteiger partial charge >= 0.3 is 17.9 Å². The topological polar surface area (TPSA) is 78.9 Å². The van der Waals surface area contributed by atoms with Crippen LogP contribution in [0.3, 0.4) is 0 Å². The molecule has 470 valence electrons. The Labute approximate surface area is 508 Å². The first kappa shape index (κ1) is 78.1. The number of esters is 3. The van der Waals surface area contributed by atoms with Crippen LogP contribution in [0.5, 0.6) is 0 Å². The molecule has 0 aliphatic rings. The van der Waals surface area contributed by atoms with Crippen molar-refractivity contribution in [2.24, 2.45) is 0 Å². The Bertz CT molecular complexity index is 1640. The number of rotatable bonds is 63. The normalized spacial score (nSPS) is 12.8. The maximum Gasteiger partial charge on any atom is 0.306 e. The standard InChI is InChI=1S/C76H130O6/c1-4-7-10-13-16-18-20-22-24-26-28-30-32-34-35-36-37-38-39-40-41-42-44-45-47-49-51-53-55-57-60-63-66-69-75(78)81-72-73(71-80-74(77)68-65-62-59-15-12-9-6-3)82-76(79)70-67-64-61-58-56-54-52-50-48-46-43-33-31-29-27-25-23-21-19-17-14-11-8-5-2/h7,10,16,18,22,24,28,30,34-35,37-38,40-41,44-45,49,51,73H,4-6,8-9,11-15,17,19-21,23,25-27,29,31-33,36,39,42-43,46-48,50,52-72H2,1-3H3/b10-7-,18-16-,24-22-,30-28-,35-34-,38-37-,41-40-,45-44-,51-49-. The third-order valence-electron chi connectivity index (χ3n) is 15.0. The van der Waals surface area contributed by atoms with Gasteiger partial charge in [0, 0.05) is 19.3 Å². The van der Waals surface area contributed by atoms with Crippen molar-refractivity contribution < 1.29 is 28.6 Å². The second-order valence-electron chi connectivity index (χ2n) is 23.1. The molecule has 6 nitrogen and oxygen atoms in total. The molecule has 0 aliphatic carbocycles. The van der Waals surface area contributed by atoms with Crippen LogP contribution in [0, 0.1) is 0 Å². The maximum absolute atomic E-state index is 12.9. The molecule has 0 bridgehead atoms. The Kier molecular flexibility index (Phi) is 66.2.